The van der Waals surface area contributed by atoms with Crippen molar-refractivity contribution < 1.29 is 26.8 Å². The molecule has 3 rings (SSSR count). The Morgan fingerprint density at radius 1 is 1.02 bits per heavy atom. The topological polar surface area (TPSA) is 219 Å². The lowest BCUT2D eigenvalue weighted by Crippen LogP contribution is -2.44. The molecule has 42 heavy (non-hydrogen) atoms. The number of amides is 2. The van der Waals surface area contributed by atoms with Crippen LogP contribution in [0.4, 0.5) is 5.13 Å². The zero-order chi connectivity index (χ0) is 30.7. The fourth-order valence-electron chi connectivity index (χ4n) is 3.70. The van der Waals surface area contributed by atoms with Gasteiger partial charge in [0.05, 0.1) is 28.0 Å². The van der Waals surface area contributed by atoms with Crippen LogP contribution in [0.5, 0.6) is 0 Å². The van der Waals surface area contributed by atoms with Gasteiger partial charge in [0.2, 0.25) is 27.0 Å². The largest absolute Gasteiger partial charge is 0.331 e. The molecule has 0 bridgehead atoms. The SMILES string of the molecule is CNC(NC(=O)Cc1ccc(S(=O)O)cc1)SC(N)CCCCc1nnc(NC(=O)Cc2ccc(S(N)(=O)=O)cc2)s1. The molecule has 0 saturated carbocycles. The van der Waals surface area contributed by atoms with E-state index >= 15 is 0 Å². The molecule has 13 nitrogen and oxygen atoms in total. The lowest BCUT2D eigenvalue weighted by atomic mass is 10.1. The summed E-state index contributed by atoms with van der Waals surface area (Å²) in [6, 6.07) is 12.1. The third-order valence-corrected chi connectivity index (χ3v) is 9.53. The molecular formula is C25H33N7O6S4. The molecule has 3 unspecified atom stereocenters. The number of carbonyl (C=O) groups is 2. The summed E-state index contributed by atoms with van der Waals surface area (Å²) in [7, 11) is -2.06. The number of hydrogen-bond acceptors (Lipinski definition) is 11. The summed E-state index contributed by atoms with van der Waals surface area (Å²) in [6.07, 6.45) is 3.21. The molecule has 1 aromatic heterocycles. The summed E-state index contributed by atoms with van der Waals surface area (Å²) in [5.41, 5.74) is 7.24. The minimum absolute atomic E-state index is 0.0200. The quantitative estimate of drug-likeness (QED) is 0.0738. The summed E-state index contributed by atoms with van der Waals surface area (Å²) < 4.78 is 42.9. The van der Waals surface area contributed by atoms with Gasteiger partial charge < -0.3 is 20.9 Å². The van der Waals surface area contributed by atoms with Crippen molar-refractivity contribution in [2.75, 3.05) is 12.4 Å². The summed E-state index contributed by atoms with van der Waals surface area (Å²) in [6.45, 7) is 0. The Morgan fingerprint density at radius 3 is 2.24 bits per heavy atom. The molecule has 3 aromatic rings. The average molecular weight is 656 g/mol. The lowest BCUT2D eigenvalue weighted by Gasteiger charge is -2.21. The molecule has 17 heteroatoms. The Bertz CT molecular complexity index is 1470. The predicted octanol–water partition coefficient (Wildman–Crippen LogP) is 1.54. The number of unbranched alkanes of at least 4 members (excludes halogenated alkanes) is 1. The number of sulfonamides is 1. The molecule has 0 aliphatic rings. The molecule has 2 amide bonds. The highest BCUT2D eigenvalue weighted by atomic mass is 32.2. The second kappa shape index (κ2) is 16.2. The summed E-state index contributed by atoms with van der Waals surface area (Å²) in [5.74, 6) is -0.501. The molecule has 228 valence electrons. The molecule has 0 saturated heterocycles. The van der Waals surface area contributed by atoms with Crippen molar-refractivity contribution in [3.05, 3.63) is 64.7 Å². The van der Waals surface area contributed by atoms with Gasteiger partial charge in [-0.25, -0.2) is 17.8 Å². The number of hydrogen-bond donors (Lipinski definition) is 6. The Labute approximate surface area is 255 Å². The Hall–Kier alpha value is -2.77. The van der Waals surface area contributed by atoms with E-state index < -0.39 is 21.1 Å². The second-order valence-corrected chi connectivity index (χ2v) is 14.1. The smallest absolute Gasteiger partial charge is 0.238 e. The van der Waals surface area contributed by atoms with Crippen molar-refractivity contribution in [1.82, 2.24) is 20.8 Å². The van der Waals surface area contributed by atoms with Crippen LogP contribution in [0.25, 0.3) is 0 Å². The average Bonchev–Trinajstić information content (AvgIpc) is 3.37. The number of benzene rings is 2. The van der Waals surface area contributed by atoms with Gasteiger partial charge in [0, 0.05) is 6.42 Å². The molecule has 3 atom stereocenters. The van der Waals surface area contributed by atoms with Crippen molar-refractivity contribution in [3.8, 4) is 0 Å². The maximum absolute atomic E-state index is 12.4. The first-order valence-corrected chi connectivity index (χ1v) is 17.2. The Kier molecular flexibility index (Phi) is 13.0. The number of rotatable bonds is 16. The monoisotopic (exact) mass is 655 g/mol. The van der Waals surface area contributed by atoms with Gasteiger partial charge >= 0.3 is 0 Å². The number of nitrogens with two attached hydrogens (primary N) is 2. The van der Waals surface area contributed by atoms with Crippen molar-refractivity contribution >= 4 is 61.1 Å². The zero-order valence-electron chi connectivity index (χ0n) is 22.7. The van der Waals surface area contributed by atoms with E-state index in [-0.39, 0.29) is 45.3 Å². The minimum Gasteiger partial charge on any atom is -0.331 e. The van der Waals surface area contributed by atoms with Crippen molar-refractivity contribution in [2.45, 2.75) is 59.2 Å². The molecule has 0 aliphatic carbocycles. The molecule has 2 aromatic carbocycles. The molecule has 0 spiro atoms. The highest BCUT2D eigenvalue weighted by Gasteiger charge is 2.16. The van der Waals surface area contributed by atoms with Crippen LogP contribution in [0.1, 0.15) is 35.4 Å². The third-order valence-electron chi connectivity index (χ3n) is 5.81. The van der Waals surface area contributed by atoms with Gasteiger partial charge in [0.1, 0.15) is 10.5 Å². The van der Waals surface area contributed by atoms with E-state index in [2.05, 4.69) is 26.1 Å². The van der Waals surface area contributed by atoms with E-state index in [1.807, 2.05) is 0 Å². The van der Waals surface area contributed by atoms with Gasteiger partial charge in [-0.2, -0.15) is 0 Å². The van der Waals surface area contributed by atoms with E-state index in [0.717, 1.165) is 23.4 Å². The van der Waals surface area contributed by atoms with Crippen LogP contribution in [0, 0.1) is 0 Å². The molecule has 1 heterocycles. The molecule has 0 aliphatic heterocycles. The van der Waals surface area contributed by atoms with Crippen LogP contribution in [0.15, 0.2) is 58.3 Å². The number of thioether (sulfide) groups is 1. The Morgan fingerprint density at radius 2 is 1.64 bits per heavy atom. The minimum atomic E-state index is -3.79. The number of anilines is 1. The fourth-order valence-corrected chi connectivity index (χ4v) is 6.37. The van der Waals surface area contributed by atoms with Crippen LogP contribution in [0.2, 0.25) is 0 Å². The second-order valence-electron chi connectivity index (χ2n) is 9.14. The van der Waals surface area contributed by atoms with Gasteiger partial charge in [0.25, 0.3) is 0 Å². The number of aryl methyl sites for hydroxylation is 1. The van der Waals surface area contributed by atoms with Gasteiger partial charge in [0.15, 0.2) is 11.1 Å². The van der Waals surface area contributed by atoms with Crippen LogP contribution >= 0.6 is 23.1 Å². The van der Waals surface area contributed by atoms with Gasteiger partial charge in [-0.1, -0.05) is 42.0 Å². The maximum Gasteiger partial charge on any atom is 0.238 e. The predicted molar refractivity (Wildman–Crippen MR) is 163 cm³/mol. The van der Waals surface area contributed by atoms with Gasteiger partial charge in [-0.3, -0.25) is 14.9 Å². The van der Waals surface area contributed by atoms with E-state index in [9.17, 15) is 22.2 Å². The molecular weight excluding hydrogens is 623 g/mol. The molecule has 0 radical (unpaired) electrons. The lowest BCUT2D eigenvalue weighted by molar-refractivity contribution is -0.120. The van der Waals surface area contributed by atoms with E-state index in [1.54, 1.807) is 19.2 Å². The summed E-state index contributed by atoms with van der Waals surface area (Å²) in [4.78, 5) is 25.0. The summed E-state index contributed by atoms with van der Waals surface area (Å²) >= 11 is 0.634. The van der Waals surface area contributed by atoms with Crippen LogP contribution in [-0.4, -0.2) is 57.1 Å². The fraction of sp³-hybridized carbons (Fsp3) is 0.360. The first-order valence-electron chi connectivity index (χ1n) is 12.7. The number of carbonyl (C=O) groups excluding carboxylic acids is 2. The maximum atomic E-state index is 12.4. The van der Waals surface area contributed by atoms with E-state index in [4.69, 9.17) is 15.4 Å². The number of nitrogens with zero attached hydrogens (tertiary/aromatic N) is 2. The molecule has 8 N–H and O–H groups in total. The van der Waals surface area contributed by atoms with E-state index in [0.29, 0.717) is 23.5 Å². The van der Waals surface area contributed by atoms with Crippen molar-refractivity contribution in [2.24, 2.45) is 10.9 Å². The Balaban J connectivity index is 1.34. The van der Waals surface area contributed by atoms with E-state index in [1.165, 1.54) is 59.5 Å². The standard InChI is InChI=1S/C25H33N7O6S4/c1-28-24(29-21(33)14-16-6-10-18(11-7-16)41(35)36)39-20(26)4-2-3-5-23-31-32-25(40-23)30-22(34)15-17-8-12-19(13-9-17)42(27,37)38/h6-13,20,24,28H,2-5,14-15,26H2,1H3,(H,29,33)(H,35,36)(H2,27,37,38)(H,30,32,34). The highest BCUT2D eigenvalue weighted by molar-refractivity contribution is 8.00. The highest BCUT2D eigenvalue weighted by Crippen LogP contribution is 2.20. The zero-order valence-corrected chi connectivity index (χ0v) is 26.0. The van der Waals surface area contributed by atoms with Gasteiger partial charge in [-0.05, 0) is 55.3 Å². The van der Waals surface area contributed by atoms with Crippen molar-refractivity contribution in [3.63, 3.8) is 0 Å². The van der Waals surface area contributed by atoms with Crippen molar-refractivity contribution in [1.29, 1.82) is 0 Å². The molecule has 0 fully saturated rings. The third kappa shape index (κ3) is 11.5. The first-order chi connectivity index (χ1) is 19.9. The number of aromatic nitrogens is 2. The first kappa shape index (κ1) is 33.7. The number of nitrogens with one attached hydrogen (secondary N) is 3. The van der Waals surface area contributed by atoms with Crippen LogP contribution in [0.3, 0.4) is 0 Å². The van der Waals surface area contributed by atoms with Crippen LogP contribution < -0.4 is 26.8 Å². The summed E-state index contributed by atoms with van der Waals surface area (Å²) in [5, 5.41) is 22.8. The number of primary sulfonamides is 1. The normalized spacial score (nSPS) is 13.7. The van der Waals surface area contributed by atoms with Crippen LogP contribution in [-0.2, 0) is 50.0 Å². The van der Waals surface area contributed by atoms with Gasteiger partial charge in [-0.15, -0.1) is 22.0 Å².